The summed E-state index contributed by atoms with van der Waals surface area (Å²) >= 11 is 0. The highest BCUT2D eigenvalue weighted by molar-refractivity contribution is 7.85. The molecule has 4 heteroatoms. The van der Waals surface area contributed by atoms with E-state index in [1.54, 1.807) is 0 Å². The summed E-state index contributed by atoms with van der Waals surface area (Å²) < 4.78 is 21.5. The first-order valence-corrected chi connectivity index (χ1v) is 8.15. The minimum Gasteiger partial charge on any atom is -0.494 e. The Morgan fingerprint density at radius 3 is 2.35 bits per heavy atom. The zero-order chi connectivity index (χ0) is 15.2. The fourth-order valence-corrected chi connectivity index (χ4v) is 2.07. The molecule has 0 amide bonds. The molecule has 1 atom stereocenters. The summed E-state index contributed by atoms with van der Waals surface area (Å²) in [6, 6.07) is 7.79. The van der Waals surface area contributed by atoms with E-state index in [1.165, 1.54) is 0 Å². The number of rotatable bonds is 6. The molecule has 0 aliphatic heterocycles. The van der Waals surface area contributed by atoms with E-state index in [2.05, 4.69) is 11.3 Å². The van der Waals surface area contributed by atoms with Crippen molar-refractivity contribution in [3.63, 3.8) is 0 Å². The van der Waals surface area contributed by atoms with Crippen LogP contribution >= 0.6 is 0 Å². The Hall–Kier alpha value is -1.16. The second-order valence-corrected chi connectivity index (χ2v) is 7.67. The number of hydrogen-bond acceptors (Lipinski definition) is 2. The molecule has 0 saturated carbocycles. The lowest BCUT2D eigenvalue weighted by molar-refractivity contribution is 0.309. The molecule has 1 aromatic rings. The highest BCUT2D eigenvalue weighted by Gasteiger charge is 2.19. The third kappa shape index (κ3) is 5.45. The summed E-state index contributed by atoms with van der Waals surface area (Å²) in [5.41, 5.74) is 1.77. The number of nitrogens with zero attached hydrogens (tertiary/aromatic N) is 1. The molecule has 1 unspecified atom stereocenters. The standard InChI is InChI=1S/C16H25NO2S/c1-6-7-12-19-15-10-8-14(9-11-15)13(2)17-20(18)16(3,4)5/h8-11H,6-7,12H2,1-5H3. The maximum atomic E-state index is 12.0. The molecule has 0 radical (unpaired) electrons. The van der Waals surface area contributed by atoms with Gasteiger partial charge in [0.05, 0.1) is 17.1 Å². The van der Waals surface area contributed by atoms with Crippen LogP contribution in [-0.2, 0) is 11.0 Å². The Bertz CT molecular complexity index is 472. The first-order chi connectivity index (χ1) is 9.34. The van der Waals surface area contributed by atoms with Crippen molar-refractivity contribution in [1.29, 1.82) is 0 Å². The fourth-order valence-electron chi connectivity index (χ4n) is 1.44. The predicted molar refractivity (Wildman–Crippen MR) is 87.0 cm³/mol. The van der Waals surface area contributed by atoms with Crippen LogP contribution in [0.15, 0.2) is 28.7 Å². The van der Waals surface area contributed by atoms with Crippen LogP contribution in [0.3, 0.4) is 0 Å². The van der Waals surface area contributed by atoms with Gasteiger partial charge in [-0.1, -0.05) is 13.3 Å². The van der Waals surface area contributed by atoms with Gasteiger partial charge in [-0.15, -0.1) is 0 Å². The SMILES string of the molecule is CCCCOc1ccc(C(C)=NS(=O)C(C)(C)C)cc1. The Morgan fingerprint density at radius 2 is 1.85 bits per heavy atom. The molecular weight excluding hydrogens is 270 g/mol. The van der Waals surface area contributed by atoms with E-state index in [9.17, 15) is 4.21 Å². The minimum atomic E-state index is -1.22. The lowest BCUT2D eigenvalue weighted by atomic mass is 10.1. The van der Waals surface area contributed by atoms with E-state index < -0.39 is 11.0 Å². The van der Waals surface area contributed by atoms with Gasteiger partial charge < -0.3 is 4.74 Å². The molecule has 0 aliphatic carbocycles. The lowest BCUT2D eigenvalue weighted by Crippen LogP contribution is -2.20. The van der Waals surface area contributed by atoms with Gasteiger partial charge in [0.1, 0.15) is 16.7 Å². The smallest absolute Gasteiger partial charge is 0.145 e. The molecule has 112 valence electrons. The summed E-state index contributed by atoms with van der Waals surface area (Å²) in [6.45, 7) is 10.5. The van der Waals surface area contributed by atoms with Crippen molar-refractivity contribution in [2.24, 2.45) is 4.40 Å². The van der Waals surface area contributed by atoms with Gasteiger partial charge in [-0.3, -0.25) is 0 Å². The molecule has 0 fully saturated rings. The molecule has 1 rings (SSSR count). The molecule has 0 bridgehead atoms. The van der Waals surface area contributed by atoms with Crippen molar-refractivity contribution in [2.45, 2.75) is 52.2 Å². The van der Waals surface area contributed by atoms with Crippen LogP contribution in [0, 0.1) is 0 Å². The Balaban J connectivity index is 2.73. The third-order valence-corrected chi connectivity index (χ3v) is 4.27. The summed E-state index contributed by atoms with van der Waals surface area (Å²) in [6.07, 6.45) is 2.19. The highest BCUT2D eigenvalue weighted by atomic mass is 32.2. The molecule has 0 aromatic heterocycles. The maximum Gasteiger partial charge on any atom is 0.145 e. The molecule has 1 aromatic carbocycles. The first-order valence-electron chi connectivity index (χ1n) is 7.05. The van der Waals surface area contributed by atoms with Crippen LogP contribution in [0.2, 0.25) is 0 Å². The average Bonchev–Trinajstić information content (AvgIpc) is 2.38. The van der Waals surface area contributed by atoms with Gasteiger partial charge in [-0.2, -0.15) is 4.40 Å². The van der Waals surface area contributed by atoms with Gasteiger partial charge >= 0.3 is 0 Å². The van der Waals surface area contributed by atoms with E-state index in [4.69, 9.17) is 4.74 Å². The number of hydrogen-bond donors (Lipinski definition) is 0. The second kappa shape index (κ2) is 7.58. The van der Waals surface area contributed by atoms with Crippen molar-refractivity contribution in [3.8, 4) is 5.75 Å². The molecular formula is C16H25NO2S. The molecule has 0 saturated heterocycles. The summed E-state index contributed by atoms with van der Waals surface area (Å²) in [5, 5.41) is 0. The van der Waals surface area contributed by atoms with Crippen LogP contribution in [-0.4, -0.2) is 21.3 Å². The zero-order valence-corrected chi connectivity index (χ0v) is 13.9. The Kier molecular flexibility index (Phi) is 6.40. The minimum absolute atomic E-state index is 0.329. The molecule has 0 spiro atoms. The molecule has 0 aliphatic rings. The number of benzene rings is 1. The maximum absolute atomic E-state index is 12.0. The largest absolute Gasteiger partial charge is 0.494 e. The van der Waals surface area contributed by atoms with Gasteiger partial charge in [0, 0.05) is 0 Å². The van der Waals surface area contributed by atoms with Gasteiger partial charge in [0.2, 0.25) is 0 Å². The van der Waals surface area contributed by atoms with Gasteiger partial charge in [0.15, 0.2) is 0 Å². The van der Waals surface area contributed by atoms with Crippen molar-refractivity contribution < 1.29 is 8.95 Å². The van der Waals surface area contributed by atoms with Crippen LogP contribution in [0.5, 0.6) is 5.75 Å². The van der Waals surface area contributed by atoms with Crippen molar-refractivity contribution in [2.75, 3.05) is 6.61 Å². The van der Waals surface area contributed by atoms with E-state index in [-0.39, 0.29) is 4.75 Å². The van der Waals surface area contributed by atoms with Crippen LogP contribution < -0.4 is 4.74 Å². The molecule has 0 N–H and O–H groups in total. The highest BCUT2D eigenvalue weighted by Crippen LogP contribution is 2.16. The quantitative estimate of drug-likeness (QED) is 0.584. The topological polar surface area (TPSA) is 38.7 Å². The van der Waals surface area contributed by atoms with Crippen molar-refractivity contribution in [3.05, 3.63) is 29.8 Å². The van der Waals surface area contributed by atoms with Crippen LogP contribution in [0.1, 0.15) is 53.0 Å². The molecule has 3 nitrogen and oxygen atoms in total. The van der Waals surface area contributed by atoms with Crippen LogP contribution in [0.4, 0.5) is 0 Å². The normalized spacial score (nSPS) is 14.2. The van der Waals surface area contributed by atoms with Gasteiger partial charge in [-0.25, -0.2) is 4.21 Å². The van der Waals surface area contributed by atoms with E-state index in [1.807, 2.05) is 52.0 Å². The summed E-state index contributed by atoms with van der Waals surface area (Å²) in [4.78, 5) is 0. The van der Waals surface area contributed by atoms with Crippen LogP contribution in [0.25, 0.3) is 0 Å². The number of ether oxygens (including phenoxy) is 1. The van der Waals surface area contributed by atoms with Crippen molar-refractivity contribution >= 4 is 16.7 Å². The predicted octanol–water partition coefficient (Wildman–Crippen LogP) is 4.14. The first kappa shape index (κ1) is 16.9. The zero-order valence-electron chi connectivity index (χ0n) is 13.1. The monoisotopic (exact) mass is 295 g/mol. The summed E-state index contributed by atoms with van der Waals surface area (Å²) in [7, 11) is -1.22. The van der Waals surface area contributed by atoms with Crippen molar-refractivity contribution in [1.82, 2.24) is 0 Å². The molecule has 0 heterocycles. The van der Waals surface area contributed by atoms with Gasteiger partial charge in [-0.05, 0) is 63.9 Å². The Labute approximate surface area is 125 Å². The van der Waals surface area contributed by atoms with E-state index in [0.717, 1.165) is 36.5 Å². The van der Waals surface area contributed by atoms with Gasteiger partial charge in [0.25, 0.3) is 0 Å². The second-order valence-electron chi connectivity index (χ2n) is 5.76. The lowest BCUT2D eigenvalue weighted by Gasteiger charge is -2.14. The van der Waals surface area contributed by atoms with E-state index >= 15 is 0 Å². The molecule has 20 heavy (non-hydrogen) atoms. The average molecular weight is 295 g/mol. The fraction of sp³-hybridized carbons (Fsp3) is 0.562. The van der Waals surface area contributed by atoms with E-state index in [0.29, 0.717) is 0 Å². The third-order valence-electron chi connectivity index (χ3n) is 2.78. The Morgan fingerprint density at radius 1 is 1.25 bits per heavy atom. The summed E-state index contributed by atoms with van der Waals surface area (Å²) in [5.74, 6) is 0.868. The number of unbranched alkanes of at least 4 members (excludes halogenated alkanes) is 1.